The first-order chi connectivity index (χ1) is 16.9. The number of rotatable bonds is 8. The van der Waals surface area contributed by atoms with E-state index in [0.717, 1.165) is 16.7 Å². The Labute approximate surface area is 204 Å². The molecule has 0 fully saturated rings. The number of carbonyl (C=O) groups excluding carboxylic acids is 2. The van der Waals surface area contributed by atoms with E-state index in [0.29, 0.717) is 18.7 Å². The maximum absolute atomic E-state index is 13.2. The predicted molar refractivity (Wildman–Crippen MR) is 129 cm³/mol. The lowest BCUT2D eigenvalue weighted by Gasteiger charge is -2.28. The number of hydrogen-bond donors (Lipinski definition) is 1. The molecule has 182 valence electrons. The standard InChI is InChI=1S/C26H26N2O6S/c1-33-23-10-4-6-19(14-23)16-27-25(29)18-34-26(30)21-9-5-11-24(15-21)35(31,32)28-13-12-20-7-2-3-8-22(20)17-28/h2-11,14-15H,12-13,16-18H2,1H3,(H,27,29). The summed E-state index contributed by atoms with van der Waals surface area (Å²) in [5.41, 5.74) is 3.00. The van der Waals surface area contributed by atoms with Gasteiger partial charge in [-0.1, -0.05) is 42.5 Å². The van der Waals surface area contributed by atoms with Crippen LogP contribution in [0.5, 0.6) is 5.75 Å². The summed E-state index contributed by atoms with van der Waals surface area (Å²) in [6, 6.07) is 20.7. The number of benzene rings is 3. The third kappa shape index (κ3) is 5.87. The van der Waals surface area contributed by atoms with E-state index in [1.165, 1.54) is 28.6 Å². The van der Waals surface area contributed by atoms with Crippen LogP contribution in [-0.2, 0) is 39.1 Å². The number of hydrogen-bond acceptors (Lipinski definition) is 6. The molecule has 0 unspecified atom stereocenters. The summed E-state index contributed by atoms with van der Waals surface area (Å²) in [6.07, 6.45) is 0.627. The van der Waals surface area contributed by atoms with Crippen molar-refractivity contribution in [2.45, 2.75) is 24.4 Å². The molecule has 1 aliphatic heterocycles. The third-order valence-corrected chi connectivity index (χ3v) is 7.60. The van der Waals surface area contributed by atoms with Crippen molar-refractivity contribution in [1.29, 1.82) is 0 Å². The predicted octanol–water partition coefficient (Wildman–Crippen LogP) is 2.92. The molecular weight excluding hydrogens is 468 g/mol. The number of amides is 1. The molecule has 0 saturated carbocycles. The molecule has 3 aromatic carbocycles. The average molecular weight is 495 g/mol. The Kier molecular flexibility index (Phi) is 7.48. The van der Waals surface area contributed by atoms with E-state index >= 15 is 0 Å². The van der Waals surface area contributed by atoms with Crippen LogP contribution in [0, 0.1) is 0 Å². The molecule has 0 atom stereocenters. The van der Waals surface area contributed by atoms with Gasteiger partial charge in [0.1, 0.15) is 5.75 Å². The van der Waals surface area contributed by atoms with Gasteiger partial charge in [0, 0.05) is 19.6 Å². The number of sulfonamides is 1. The Morgan fingerprint density at radius 2 is 1.74 bits per heavy atom. The molecule has 8 nitrogen and oxygen atoms in total. The molecule has 9 heteroatoms. The number of carbonyl (C=O) groups is 2. The van der Waals surface area contributed by atoms with Gasteiger partial charge in [-0.25, -0.2) is 13.2 Å². The van der Waals surface area contributed by atoms with Gasteiger partial charge in [-0.3, -0.25) is 4.79 Å². The first kappa shape index (κ1) is 24.4. The fourth-order valence-corrected chi connectivity index (χ4v) is 5.32. The van der Waals surface area contributed by atoms with Crippen molar-refractivity contribution < 1.29 is 27.5 Å². The third-order valence-electron chi connectivity index (χ3n) is 5.76. The van der Waals surface area contributed by atoms with Crippen molar-refractivity contribution in [1.82, 2.24) is 9.62 Å². The van der Waals surface area contributed by atoms with E-state index in [4.69, 9.17) is 9.47 Å². The van der Waals surface area contributed by atoms with Crippen LogP contribution in [0.2, 0.25) is 0 Å². The van der Waals surface area contributed by atoms with E-state index in [9.17, 15) is 18.0 Å². The minimum Gasteiger partial charge on any atom is -0.497 e. The number of nitrogens with one attached hydrogen (secondary N) is 1. The molecule has 1 amide bonds. The second-order valence-corrected chi connectivity index (χ2v) is 10.0. The van der Waals surface area contributed by atoms with Crippen LogP contribution in [0.4, 0.5) is 0 Å². The SMILES string of the molecule is COc1cccc(CNC(=O)COC(=O)c2cccc(S(=O)(=O)N3CCc4ccccc4C3)c2)c1. The molecule has 0 saturated heterocycles. The second kappa shape index (κ2) is 10.7. The topological polar surface area (TPSA) is 102 Å². The molecule has 0 aliphatic carbocycles. The van der Waals surface area contributed by atoms with Crippen molar-refractivity contribution in [3.8, 4) is 5.75 Å². The van der Waals surface area contributed by atoms with Crippen molar-refractivity contribution in [2.24, 2.45) is 0 Å². The minimum atomic E-state index is -3.80. The van der Waals surface area contributed by atoms with Gasteiger partial charge in [0.15, 0.2) is 6.61 Å². The largest absolute Gasteiger partial charge is 0.497 e. The lowest BCUT2D eigenvalue weighted by atomic mass is 10.0. The summed E-state index contributed by atoms with van der Waals surface area (Å²) >= 11 is 0. The van der Waals surface area contributed by atoms with E-state index in [1.54, 1.807) is 19.2 Å². The van der Waals surface area contributed by atoms with Crippen molar-refractivity contribution in [2.75, 3.05) is 20.3 Å². The van der Waals surface area contributed by atoms with Crippen molar-refractivity contribution >= 4 is 21.9 Å². The number of esters is 1. The maximum Gasteiger partial charge on any atom is 0.338 e. The summed E-state index contributed by atoms with van der Waals surface area (Å²) < 4.78 is 38.1. The molecule has 0 radical (unpaired) electrons. The molecule has 0 aromatic heterocycles. The average Bonchev–Trinajstić information content (AvgIpc) is 2.90. The lowest BCUT2D eigenvalue weighted by molar-refractivity contribution is -0.124. The molecule has 1 N–H and O–H groups in total. The highest BCUT2D eigenvalue weighted by Crippen LogP contribution is 2.25. The summed E-state index contributed by atoms with van der Waals surface area (Å²) in [5.74, 6) is -0.578. The summed E-state index contributed by atoms with van der Waals surface area (Å²) in [7, 11) is -2.24. The van der Waals surface area contributed by atoms with Crippen molar-refractivity contribution in [3.05, 3.63) is 95.1 Å². The van der Waals surface area contributed by atoms with Gasteiger partial charge in [0.05, 0.1) is 17.6 Å². The Morgan fingerprint density at radius 3 is 2.54 bits per heavy atom. The van der Waals surface area contributed by atoms with Gasteiger partial charge in [-0.2, -0.15) is 4.31 Å². The van der Waals surface area contributed by atoms with Crippen LogP contribution in [0.15, 0.2) is 77.7 Å². The smallest absolute Gasteiger partial charge is 0.338 e. The maximum atomic E-state index is 13.2. The van der Waals surface area contributed by atoms with Crippen LogP contribution in [-0.4, -0.2) is 44.9 Å². The van der Waals surface area contributed by atoms with Gasteiger partial charge in [-0.05, 0) is 53.4 Å². The highest BCUT2D eigenvalue weighted by molar-refractivity contribution is 7.89. The van der Waals surface area contributed by atoms with E-state index in [1.807, 2.05) is 36.4 Å². The van der Waals surface area contributed by atoms with E-state index < -0.39 is 28.5 Å². The highest BCUT2D eigenvalue weighted by Gasteiger charge is 2.28. The molecule has 4 rings (SSSR count). The Hall–Kier alpha value is -3.69. The quantitative estimate of drug-likeness (QED) is 0.483. The number of fused-ring (bicyclic) bond motifs is 1. The van der Waals surface area contributed by atoms with Gasteiger partial charge in [0.25, 0.3) is 5.91 Å². The summed E-state index contributed by atoms with van der Waals surface area (Å²) in [5, 5.41) is 2.67. The van der Waals surface area contributed by atoms with Gasteiger partial charge < -0.3 is 14.8 Å². The number of methoxy groups -OCH3 is 1. The Balaban J connectivity index is 1.35. The molecule has 1 aliphatic rings. The van der Waals surface area contributed by atoms with Crippen LogP contribution in [0.25, 0.3) is 0 Å². The first-order valence-corrected chi connectivity index (χ1v) is 12.5. The molecule has 0 bridgehead atoms. The zero-order valence-corrected chi connectivity index (χ0v) is 20.1. The summed E-state index contributed by atoms with van der Waals surface area (Å²) in [4.78, 5) is 24.6. The molecule has 1 heterocycles. The Bertz CT molecular complexity index is 1340. The van der Waals surface area contributed by atoms with Crippen LogP contribution < -0.4 is 10.1 Å². The zero-order chi connectivity index (χ0) is 24.8. The first-order valence-electron chi connectivity index (χ1n) is 11.1. The summed E-state index contributed by atoms with van der Waals surface area (Å²) in [6.45, 7) is 0.408. The van der Waals surface area contributed by atoms with E-state index in [-0.39, 0.29) is 23.5 Å². The monoisotopic (exact) mass is 494 g/mol. The van der Waals surface area contributed by atoms with Gasteiger partial charge in [0.2, 0.25) is 10.0 Å². The molecule has 3 aromatic rings. The van der Waals surface area contributed by atoms with Crippen LogP contribution in [0.3, 0.4) is 0 Å². The van der Waals surface area contributed by atoms with Gasteiger partial charge in [-0.15, -0.1) is 0 Å². The molecular formula is C26H26N2O6S. The number of ether oxygens (including phenoxy) is 2. The van der Waals surface area contributed by atoms with Crippen LogP contribution >= 0.6 is 0 Å². The number of nitrogens with zero attached hydrogens (tertiary/aromatic N) is 1. The minimum absolute atomic E-state index is 0.00816. The van der Waals surface area contributed by atoms with Crippen molar-refractivity contribution in [3.63, 3.8) is 0 Å². The van der Waals surface area contributed by atoms with E-state index in [2.05, 4.69) is 5.32 Å². The fourth-order valence-electron chi connectivity index (χ4n) is 3.86. The highest BCUT2D eigenvalue weighted by atomic mass is 32.2. The lowest BCUT2D eigenvalue weighted by Crippen LogP contribution is -2.36. The second-order valence-electron chi connectivity index (χ2n) is 8.09. The fraction of sp³-hybridized carbons (Fsp3) is 0.231. The normalized spacial score (nSPS) is 13.5. The zero-order valence-electron chi connectivity index (χ0n) is 19.3. The van der Waals surface area contributed by atoms with Gasteiger partial charge >= 0.3 is 5.97 Å². The Morgan fingerprint density at radius 1 is 0.971 bits per heavy atom. The molecule has 35 heavy (non-hydrogen) atoms. The van der Waals surface area contributed by atoms with Crippen LogP contribution in [0.1, 0.15) is 27.0 Å². The molecule has 0 spiro atoms.